The van der Waals surface area contributed by atoms with E-state index in [1.54, 1.807) is 0 Å². The molecule has 1 heterocycles. The van der Waals surface area contributed by atoms with Crippen LogP contribution in [0.4, 0.5) is 5.69 Å². The van der Waals surface area contributed by atoms with Crippen LogP contribution < -0.4 is 11.1 Å². The topological polar surface area (TPSA) is 67.6 Å². The van der Waals surface area contributed by atoms with Crippen molar-refractivity contribution >= 4 is 24.0 Å². The normalized spacial score (nSPS) is 20.2. The van der Waals surface area contributed by atoms with Gasteiger partial charge in [0.1, 0.15) is 0 Å². The number of amides is 1. The van der Waals surface area contributed by atoms with Gasteiger partial charge in [0.25, 0.3) is 0 Å². The Morgan fingerprint density at radius 3 is 2.46 bits per heavy atom. The van der Waals surface area contributed by atoms with E-state index >= 15 is 0 Å². The number of morpholine rings is 1. The molecule has 26 heavy (non-hydrogen) atoms. The molecule has 6 heteroatoms. The Morgan fingerprint density at radius 1 is 1.15 bits per heavy atom. The van der Waals surface area contributed by atoms with Crippen molar-refractivity contribution in [1.82, 2.24) is 4.90 Å². The summed E-state index contributed by atoms with van der Waals surface area (Å²) in [5, 5.41) is 2.96. The fraction of sp³-hybridized carbons (Fsp3) is 0.650. The molecule has 3 N–H and O–H groups in total. The second kappa shape index (κ2) is 10.9. The van der Waals surface area contributed by atoms with Gasteiger partial charge in [-0.25, -0.2) is 0 Å². The molecule has 0 aromatic heterocycles. The van der Waals surface area contributed by atoms with Crippen LogP contribution in [-0.4, -0.2) is 43.2 Å². The summed E-state index contributed by atoms with van der Waals surface area (Å²) in [6, 6.07) is 7.70. The second-order valence-corrected chi connectivity index (χ2v) is 7.42. The molecule has 0 bridgehead atoms. The number of nitrogens with one attached hydrogen (secondary N) is 1. The highest BCUT2D eigenvalue weighted by Crippen LogP contribution is 2.27. The highest BCUT2D eigenvalue weighted by atomic mass is 35.5. The second-order valence-electron chi connectivity index (χ2n) is 7.42. The summed E-state index contributed by atoms with van der Waals surface area (Å²) in [6.07, 6.45) is 7.14. The monoisotopic (exact) mass is 381 g/mol. The molecule has 2 fully saturated rings. The maximum absolute atomic E-state index is 12.3. The number of halogens is 1. The lowest BCUT2D eigenvalue weighted by Gasteiger charge is -2.26. The van der Waals surface area contributed by atoms with Gasteiger partial charge in [0.05, 0.1) is 19.3 Å². The molecule has 1 aromatic carbocycles. The largest absolute Gasteiger partial charge is 0.379 e. The Balaban J connectivity index is 0.00000243. The van der Waals surface area contributed by atoms with Gasteiger partial charge in [-0.1, -0.05) is 44.2 Å². The lowest BCUT2D eigenvalue weighted by molar-refractivity contribution is -0.117. The van der Waals surface area contributed by atoms with Crippen LogP contribution in [0.5, 0.6) is 0 Å². The molecule has 1 saturated carbocycles. The van der Waals surface area contributed by atoms with Crippen LogP contribution in [0.1, 0.15) is 44.1 Å². The molecule has 5 nitrogen and oxygen atoms in total. The molecule has 1 aliphatic heterocycles. The first-order chi connectivity index (χ1) is 12.2. The first kappa shape index (κ1) is 21.2. The summed E-state index contributed by atoms with van der Waals surface area (Å²) in [5.74, 6) is 0.553. The highest BCUT2D eigenvalue weighted by Gasteiger charge is 2.21. The van der Waals surface area contributed by atoms with Gasteiger partial charge in [-0.3, -0.25) is 9.69 Å². The summed E-state index contributed by atoms with van der Waals surface area (Å²) < 4.78 is 5.38. The molecule has 1 atom stereocenters. The molecule has 1 aliphatic carbocycles. The third kappa shape index (κ3) is 6.54. The van der Waals surface area contributed by atoms with Crippen LogP contribution in [0.2, 0.25) is 0 Å². The van der Waals surface area contributed by atoms with Crippen LogP contribution in [0.15, 0.2) is 24.3 Å². The molecule has 0 spiro atoms. The molecule has 146 valence electrons. The fourth-order valence-corrected chi connectivity index (χ4v) is 3.83. The zero-order valence-corrected chi connectivity index (χ0v) is 16.3. The lowest BCUT2D eigenvalue weighted by Crippen LogP contribution is -2.37. The summed E-state index contributed by atoms with van der Waals surface area (Å²) in [6.45, 7) is 4.52. The first-order valence-electron chi connectivity index (χ1n) is 9.66. The van der Waals surface area contributed by atoms with Gasteiger partial charge in [0.2, 0.25) is 5.91 Å². The fourth-order valence-electron chi connectivity index (χ4n) is 3.83. The van der Waals surface area contributed by atoms with Crippen molar-refractivity contribution in [1.29, 1.82) is 0 Å². The number of hydrogen-bond donors (Lipinski definition) is 2. The maximum Gasteiger partial charge on any atom is 0.241 e. The van der Waals surface area contributed by atoms with Crippen molar-refractivity contribution < 1.29 is 9.53 Å². The van der Waals surface area contributed by atoms with Crippen LogP contribution in [-0.2, 0) is 16.1 Å². The quantitative estimate of drug-likeness (QED) is 0.794. The smallest absolute Gasteiger partial charge is 0.241 e. The number of benzene rings is 1. The average Bonchev–Trinajstić information content (AvgIpc) is 2.65. The van der Waals surface area contributed by atoms with E-state index in [0.29, 0.717) is 5.92 Å². The Morgan fingerprint density at radius 2 is 1.81 bits per heavy atom. The highest BCUT2D eigenvalue weighted by molar-refractivity contribution is 5.94. The van der Waals surface area contributed by atoms with Crippen LogP contribution in [0.3, 0.4) is 0 Å². The van der Waals surface area contributed by atoms with E-state index in [-0.39, 0.29) is 18.3 Å². The Kier molecular flexibility index (Phi) is 8.85. The van der Waals surface area contributed by atoms with Gasteiger partial charge < -0.3 is 15.8 Å². The van der Waals surface area contributed by atoms with Gasteiger partial charge in [-0.05, 0) is 30.0 Å². The minimum atomic E-state index is -0.406. The molecule has 1 unspecified atom stereocenters. The Hall–Kier alpha value is -1.14. The molecule has 2 aliphatic rings. The number of anilines is 1. The summed E-state index contributed by atoms with van der Waals surface area (Å²) >= 11 is 0. The van der Waals surface area contributed by atoms with E-state index in [1.807, 2.05) is 12.1 Å². The van der Waals surface area contributed by atoms with Crippen molar-refractivity contribution in [2.75, 3.05) is 31.6 Å². The maximum atomic E-state index is 12.3. The lowest BCUT2D eigenvalue weighted by atomic mass is 9.85. The minimum Gasteiger partial charge on any atom is -0.379 e. The van der Waals surface area contributed by atoms with Crippen molar-refractivity contribution in [2.24, 2.45) is 11.7 Å². The zero-order chi connectivity index (χ0) is 17.5. The summed E-state index contributed by atoms with van der Waals surface area (Å²) in [5.41, 5.74) is 8.20. The van der Waals surface area contributed by atoms with E-state index < -0.39 is 6.04 Å². The molecule has 3 rings (SSSR count). The standard InChI is InChI=1S/C20H31N3O2.ClH/c21-19(14-16-4-2-1-3-5-16)20(24)22-18-8-6-17(7-9-18)15-23-10-12-25-13-11-23;/h6-9,16,19H,1-5,10-15,21H2,(H,22,24);1H. The van der Waals surface area contributed by atoms with Crippen molar-refractivity contribution in [3.63, 3.8) is 0 Å². The van der Waals surface area contributed by atoms with Gasteiger partial charge in [0, 0.05) is 25.3 Å². The zero-order valence-electron chi connectivity index (χ0n) is 15.5. The molecule has 1 saturated heterocycles. The van der Waals surface area contributed by atoms with Crippen LogP contribution in [0.25, 0.3) is 0 Å². The SMILES string of the molecule is Cl.NC(CC1CCCCC1)C(=O)Nc1ccc(CN2CCOCC2)cc1. The summed E-state index contributed by atoms with van der Waals surface area (Å²) in [7, 11) is 0. The Labute approximate surface area is 163 Å². The van der Waals surface area contributed by atoms with E-state index in [1.165, 1.54) is 37.7 Å². The predicted molar refractivity (Wildman–Crippen MR) is 108 cm³/mol. The Bertz CT molecular complexity index is 540. The van der Waals surface area contributed by atoms with Gasteiger partial charge in [-0.15, -0.1) is 12.4 Å². The molecule has 1 aromatic rings. The van der Waals surface area contributed by atoms with E-state index in [2.05, 4.69) is 22.3 Å². The average molecular weight is 382 g/mol. The number of nitrogens with zero attached hydrogens (tertiary/aromatic N) is 1. The van der Waals surface area contributed by atoms with E-state index in [4.69, 9.17) is 10.5 Å². The number of hydrogen-bond acceptors (Lipinski definition) is 4. The molecular weight excluding hydrogens is 350 g/mol. The third-order valence-electron chi connectivity index (χ3n) is 5.38. The first-order valence-corrected chi connectivity index (χ1v) is 9.66. The molecule has 0 radical (unpaired) electrons. The van der Waals surface area contributed by atoms with Gasteiger partial charge in [-0.2, -0.15) is 0 Å². The number of nitrogens with two attached hydrogens (primary N) is 1. The molecular formula is C20H32ClN3O2. The minimum absolute atomic E-state index is 0. The summed E-state index contributed by atoms with van der Waals surface area (Å²) in [4.78, 5) is 14.7. The number of carbonyl (C=O) groups excluding carboxylic acids is 1. The predicted octanol–water partition coefficient (Wildman–Crippen LogP) is 3.18. The van der Waals surface area contributed by atoms with Crippen molar-refractivity contribution in [3.8, 4) is 0 Å². The van der Waals surface area contributed by atoms with Gasteiger partial charge >= 0.3 is 0 Å². The van der Waals surface area contributed by atoms with Gasteiger partial charge in [0.15, 0.2) is 0 Å². The van der Waals surface area contributed by atoms with Crippen LogP contribution in [0, 0.1) is 5.92 Å². The third-order valence-corrected chi connectivity index (χ3v) is 5.38. The number of ether oxygens (including phenoxy) is 1. The molecule has 1 amide bonds. The van der Waals surface area contributed by atoms with E-state index in [0.717, 1.165) is 45.0 Å². The van der Waals surface area contributed by atoms with E-state index in [9.17, 15) is 4.79 Å². The number of rotatable bonds is 6. The number of carbonyl (C=O) groups is 1. The van der Waals surface area contributed by atoms with Crippen LogP contribution >= 0.6 is 12.4 Å². The van der Waals surface area contributed by atoms with Crippen molar-refractivity contribution in [3.05, 3.63) is 29.8 Å². The van der Waals surface area contributed by atoms with Crippen molar-refractivity contribution in [2.45, 2.75) is 51.1 Å².